The van der Waals surface area contributed by atoms with Crippen LogP contribution in [0.2, 0.25) is 0 Å². The first-order valence-corrected chi connectivity index (χ1v) is 4.73. The summed E-state index contributed by atoms with van der Waals surface area (Å²) in [6.07, 6.45) is 2.07. The van der Waals surface area contributed by atoms with Gasteiger partial charge in [-0.05, 0) is 37.4 Å². The van der Waals surface area contributed by atoms with Crippen molar-refractivity contribution in [1.82, 2.24) is 4.57 Å². The quantitative estimate of drug-likeness (QED) is 0.714. The minimum atomic E-state index is 0.432. The molecule has 1 aromatic heterocycles. The lowest BCUT2D eigenvalue weighted by molar-refractivity contribution is 0.389. The maximum absolute atomic E-state index is 8.80. The average Bonchev–Trinajstić information content (AvgIpc) is 2.59. The van der Waals surface area contributed by atoms with Gasteiger partial charge in [0.05, 0.1) is 11.2 Å². The van der Waals surface area contributed by atoms with Crippen LogP contribution in [0.15, 0.2) is 30.5 Å². The molecule has 0 unspecified atom stereocenters. The van der Waals surface area contributed by atoms with Crippen LogP contribution >= 0.6 is 0 Å². The van der Waals surface area contributed by atoms with Crippen molar-refractivity contribution in [2.45, 2.75) is 19.9 Å². The maximum atomic E-state index is 8.80. The molecule has 0 aliphatic carbocycles. The van der Waals surface area contributed by atoms with Crippen LogP contribution < -0.4 is 5.48 Å². The lowest BCUT2D eigenvalue weighted by Gasteiger charge is -2.09. The first-order chi connectivity index (χ1) is 6.72. The van der Waals surface area contributed by atoms with Crippen LogP contribution in [-0.2, 0) is 0 Å². The number of anilines is 1. The van der Waals surface area contributed by atoms with Crippen molar-refractivity contribution in [1.29, 1.82) is 0 Å². The molecule has 0 saturated carbocycles. The molecule has 2 N–H and O–H groups in total. The Morgan fingerprint density at radius 1 is 1.29 bits per heavy atom. The molecule has 3 heteroatoms. The molecule has 0 atom stereocenters. The van der Waals surface area contributed by atoms with Crippen LogP contribution in [0.3, 0.4) is 0 Å². The number of nitrogens with zero attached hydrogens (tertiary/aromatic N) is 1. The van der Waals surface area contributed by atoms with Crippen LogP contribution in [0.4, 0.5) is 5.69 Å². The Morgan fingerprint density at radius 3 is 2.71 bits per heavy atom. The van der Waals surface area contributed by atoms with Crippen molar-refractivity contribution in [3.05, 3.63) is 30.5 Å². The summed E-state index contributed by atoms with van der Waals surface area (Å²) in [5, 5.41) is 10.00. The number of benzene rings is 1. The largest absolute Gasteiger partial charge is 0.345 e. The summed E-state index contributed by atoms with van der Waals surface area (Å²) < 4.78 is 2.18. The van der Waals surface area contributed by atoms with Crippen LogP contribution in [-0.4, -0.2) is 9.77 Å². The Kier molecular flexibility index (Phi) is 2.17. The molecule has 1 aromatic carbocycles. The second-order valence-electron chi connectivity index (χ2n) is 3.70. The Morgan fingerprint density at radius 2 is 2.07 bits per heavy atom. The van der Waals surface area contributed by atoms with Gasteiger partial charge in [0.15, 0.2) is 0 Å². The van der Waals surface area contributed by atoms with Gasteiger partial charge in [-0.25, -0.2) is 0 Å². The number of hydrogen-bond donors (Lipinski definition) is 2. The molecule has 2 aromatic rings. The van der Waals surface area contributed by atoms with Crippen LogP contribution in [0.5, 0.6) is 0 Å². The first kappa shape index (κ1) is 9.09. The summed E-state index contributed by atoms with van der Waals surface area (Å²) in [4.78, 5) is 0. The fourth-order valence-electron chi connectivity index (χ4n) is 1.67. The molecule has 0 aliphatic rings. The highest BCUT2D eigenvalue weighted by Gasteiger charge is 2.04. The summed E-state index contributed by atoms with van der Waals surface area (Å²) in [6.45, 7) is 4.27. The Balaban J connectivity index is 2.63. The van der Waals surface area contributed by atoms with E-state index in [2.05, 4.69) is 36.2 Å². The third kappa shape index (κ3) is 1.36. The third-order valence-corrected chi connectivity index (χ3v) is 2.41. The fourth-order valence-corrected chi connectivity index (χ4v) is 1.67. The molecule has 0 saturated heterocycles. The molecule has 3 nitrogen and oxygen atoms in total. The predicted molar refractivity (Wildman–Crippen MR) is 57.7 cm³/mol. The van der Waals surface area contributed by atoms with Gasteiger partial charge in [0.1, 0.15) is 0 Å². The van der Waals surface area contributed by atoms with E-state index in [1.165, 1.54) is 5.39 Å². The smallest absolute Gasteiger partial charge is 0.0623 e. The van der Waals surface area contributed by atoms with Gasteiger partial charge in [-0.1, -0.05) is 6.07 Å². The highest BCUT2D eigenvalue weighted by atomic mass is 16.5. The lowest BCUT2D eigenvalue weighted by Crippen LogP contribution is -1.98. The average molecular weight is 190 g/mol. The summed E-state index contributed by atoms with van der Waals surface area (Å²) in [5.74, 6) is 0. The second kappa shape index (κ2) is 3.35. The molecular weight excluding hydrogens is 176 g/mol. The van der Waals surface area contributed by atoms with Crippen molar-refractivity contribution in [3.63, 3.8) is 0 Å². The van der Waals surface area contributed by atoms with Crippen LogP contribution in [0.1, 0.15) is 19.9 Å². The van der Waals surface area contributed by atoms with Gasteiger partial charge >= 0.3 is 0 Å². The van der Waals surface area contributed by atoms with E-state index in [9.17, 15) is 0 Å². The number of hydrogen-bond acceptors (Lipinski definition) is 2. The number of rotatable bonds is 2. The molecule has 14 heavy (non-hydrogen) atoms. The Hall–Kier alpha value is -1.48. The number of nitrogens with one attached hydrogen (secondary N) is 1. The highest BCUT2D eigenvalue weighted by molar-refractivity contribution is 5.83. The molecule has 2 rings (SSSR count). The van der Waals surface area contributed by atoms with Gasteiger partial charge in [-0.3, -0.25) is 10.7 Å². The summed E-state index contributed by atoms with van der Waals surface area (Å²) in [6, 6.07) is 8.30. The van der Waals surface area contributed by atoms with Gasteiger partial charge in [0.2, 0.25) is 0 Å². The zero-order valence-electron chi connectivity index (χ0n) is 8.36. The van der Waals surface area contributed by atoms with Crippen molar-refractivity contribution in [2.75, 3.05) is 5.48 Å². The normalized spacial score (nSPS) is 11.1. The van der Waals surface area contributed by atoms with Crippen LogP contribution in [0.25, 0.3) is 10.9 Å². The molecule has 0 bridgehead atoms. The maximum Gasteiger partial charge on any atom is 0.0623 e. The van der Waals surface area contributed by atoms with Crippen molar-refractivity contribution in [3.8, 4) is 0 Å². The molecular formula is C11H14N2O. The SMILES string of the molecule is CC(C)n1ccc2ccc(NO)cc21. The van der Waals surface area contributed by atoms with Gasteiger partial charge < -0.3 is 4.57 Å². The highest BCUT2D eigenvalue weighted by Crippen LogP contribution is 2.22. The third-order valence-electron chi connectivity index (χ3n) is 2.41. The van der Waals surface area contributed by atoms with E-state index in [4.69, 9.17) is 5.21 Å². The zero-order chi connectivity index (χ0) is 10.1. The monoisotopic (exact) mass is 190 g/mol. The number of fused-ring (bicyclic) bond motifs is 1. The van der Waals surface area contributed by atoms with E-state index in [-0.39, 0.29) is 0 Å². The summed E-state index contributed by atoms with van der Waals surface area (Å²) >= 11 is 0. The molecule has 0 aliphatic heterocycles. The van der Waals surface area contributed by atoms with Crippen LogP contribution in [0, 0.1) is 0 Å². The minimum absolute atomic E-state index is 0.432. The topological polar surface area (TPSA) is 37.2 Å². The van der Waals surface area contributed by atoms with Gasteiger partial charge in [0, 0.05) is 12.2 Å². The summed E-state index contributed by atoms with van der Waals surface area (Å²) in [7, 11) is 0. The van der Waals surface area contributed by atoms with E-state index in [0.29, 0.717) is 6.04 Å². The Bertz CT molecular complexity index is 445. The van der Waals surface area contributed by atoms with Crippen molar-refractivity contribution < 1.29 is 5.21 Å². The molecule has 1 heterocycles. The molecule has 74 valence electrons. The van der Waals surface area contributed by atoms with Gasteiger partial charge in [-0.15, -0.1) is 0 Å². The van der Waals surface area contributed by atoms with E-state index in [0.717, 1.165) is 11.2 Å². The second-order valence-corrected chi connectivity index (χ2v) is 3.70. The van der Waals surface area contributed by atoms with E-state index >= 15 is 0 Å². The number of aromatic nitrogens is 1. The minimum Gasteiger partial charge on any atom is -0.345 e. The predicted octanol–water partition coefficient (Wildman–Crippen LogP) is 3.02. The Labute approximate surface area is 82.9 Å². The van der Waals surface area contributed by atoms with Crippen molar-refractivity contribution in [2.24, 2.45) is 0 Å². The first-order valence-electron chi connectivity index (χ1n) is 4.73. The summed E-state index contributed by atoms with van der Waals surface area (Å²) in [5.41, 5.74) is 4.02. The van der Waals surface area contributed by atoms with Crippen molar-refractivity contribution >= 4 is 16.6 Å². The van der Waals surface area contributed by atoms with Gasteiger partial charge in [0.25, 0.3) is 0 Å². The van der Waals surface area contributed by atoms with E-state index in [1.807, 2.05) is 18.2 Å². The standard InChI is InChI=1S/C11H14N2O/c1-8(2)13-6-5-9-3-4-10(12-14)7-11(9)13/h3-8,12,14H,1-2H3. The molecule has 0 radical (unpaired) electrons. The molecule has 0 fully saturated rings. The lowest BCUT2D eigenvalue weighted by atomic mass is 10.2. The molecule has 0 spiro atoms. The van der Waals surface area contributed by atoms with E-state index < -0.39 is 0 Å². The zero-order valence-corrected chi connectivity index (χ0v) is 8.36. The molecule has 0 amide bonds. The fraction of sp³-hybridized carbons (Fsp3) is 0.273. The van der Waals surface area contributed by atoms with E-state index in [1.54, 1.807) is 0 Å². The van der Waals surface area contributed by atoms with Gasteiger partial charge in [-0.2, -0.15) is 0 Å².